The van der Waals surface area contributed by atoms with E-state index in [1.54, 1.807) is 18.1 Å². The third-order valence-corrected chi connectivity index (χ3v) is 7.55. The van der Waals surface area contributed by atoms with Crippen LogP contribution >= 0.6 is 11.9 Å². The quantitative estimate of drug-likeness (QED) is 0.360. The number of alkyl halides is 1. The highest BCUT2D eigenvalue weighted by atomic mass is 32.2. The van der Waals surface area contributed by atoms with Crippen LogP contribution in [0.4, 0.5) is 10.1 Å². The van der Waals surface area contributed by atoms with Gasteiger partial charge in [-0.3, -0.25) is 9.18 Å². The van der Waals surface area contributed by atoms with Crippen molar-refractivity contribution in [2.24, 2.45) is 0 Å². The van der Waals surface area contributed by atoms with Gasteiger partial charge in [0.15, 0.2) is 0 Å². The van der Waals surface area contributed by atoms with E-state index in [0.717, 1.165) is 50.5 Å². The van der Waals surface area contributed by atoms with E-state index in [9.17, 15) is 9.18 Å². The Kier molecular flexibility index (Phi) is 7.16. The Morgan fingerprint density at radius 2 is 1.65 bits per heavy atom. The topological polar surface area (TPSA) is 50.6 Å². The molecule has 1 aliphatic carbocycles. The predicted molar refractivity (Wildman–Crippen MR) is 135 cm³/mol. The predicted octanol–water partition coefficient (Wildman–Crippen LogP) is 3.91. The van der Waals surface area contributed by atoms with Gasteiger partial charge in [-0.05, 0) is 29.7 Å². The second-order valence-corrected chi connectivity index (χ2v) is 9.80. The second-order valence-electron chi connectivity index (χ2n) is 8.62. The summed E-state index contributed by atoms with van der Waals surface area (Å²) in [6.45, 7) is 2.93. The van der Waals surface area contributed by atoms with Crippen LogP contribution in [0.25, 0.3) is 5.69 Å². The molecule has 34 heavy (non-hydrogen) atoms. The highest BCUT2D eigenvalue weighted by Gasteiger charge is 2.28. The first-order valence-corrected chi connectivity index (χ1v) is 12.8. The standard InChI is InChI=1S/C26H29FN4O2S/c27-11-6-16-34-30-14-12-29(13-15-30)24-19-28-31(22-9-2-1-3-10-22)26(32)25(24)33-23-17-20-7-4-5-8-21(20)18-23/h1-5,7-10,19,23H,6,11-18H2. The molecule has 0 N–H and O–H groups in total. The van der Waals surface area contributed by atoms with E-state index in [4.69, 9.17) is 4.74 Å². The molecule has 0 spiro atoms. The number of piperazine rings is 1. The molecule has 5 rings (SSSR count). The summed E-state index contributed by atoms with van der Waals surface area (Å²) in [6.07, 6.45) is 3.85. The number of benzene rings is 2. The zero-order chi connectivity index (χ0) is 23.3. The number of rotatable bonds is 8. The van der Waals surface area contributed by atoms with Gasteiger partial charge >= 0.3 is 5.56 Å². The molecule has 0 radical (unpaired) electrons. The Morgan fingerprint density at radius 3 is 2.32 bits per heavy atom. The molecule has 0 bridgehead atoms. The summed E-state index contributed by atoms with van der Waals surface area (Å²) in [4.78, 5) is 15.8. The molecular weight excluding hydrogens is 451 g/mol. The third-order valence-electron chi connectivity index (χ3n) is 6.34. The number of ether oxygens (including phenoxy) is 1. The van der Waals surface area contributed by atoms with Gasteiger partial charge in [0.2, 0.25) is 5.75 Å². The monoisotopic (exact) mass is 480 g/mol. The molecule has 2 heterocycles. The molecule has 2 aromatic carbocycles. The number of hydrogen-bond acceptors (Lipinski definition) is 6. The van der Waals surface area contributed by atoms with Crippen LogP contribution < -0.4 is 15.2 Å². The van der Waals surface area contributed by atoms with E-state index in [2.05, 4.69) is 26.4 Å². The molecule has 1 fully saturated rings. The van der Waals surface area contributed by atoms with Crippen molar-refractivity contribution in [1.82, 2.24) is 14.1 Å². The smallest absolute Gasteiger partial charge is 0.316 e. The Bertz CT molecular complexity index is 1140. The van der Waals surface area contributed by atoms with Crippen LogP contribution in [0, 0.1) is 0 Å². The number of fused-ring (bicyclic) bond motifs is 1. The van der Waals surface area contributed by atoms with Crippen molar-refractivity contribution in [1.29, 1.82) is 0 Å². The molecule has 0 unspecified atom stereocenters. The zero-order valence-electron chi connectivity index (χ0n) is 19.1. The molecule has 178 valence electrons. The molecular formula is C26H29FN4O2S. The van der Waals surface area contributed by atoms with Crippen molar-refractivity contribution in [2.75, 3.05) is 43.5 Å². The Labute approximate surface area is 203 Å². The number of para-hydroxylation sites is 1. The molecule has 0 atom stereocenters. The van der Waals surface area contributed by atoms with Crippen LogP contribution in [-0.2, 0) is 12.8 Å². The first-order valence-electron chi connectivity index (χ1n) is 11.8. The van der Waals surface area contributed by atoms with Crippen molar-refractivity contribution in [3.8, 4) is 11.4 Å². The van der Waals surface area contributed by atoms with E-state index in [-0.39, 0.29) is 18.3 Å². The molecule has 1 saturated heterocycles. The third kappa shape index (κ3) is 4.98. The van der Waals surface area contributed by atoms with Crippen molar-refractivity contribution in [2.45, 2.75) is 25.4 Å². The number of hydrogen-bond donors (Lipinski definition) is 0. The molecule has 3 aromatic rings. The van der Waals surface area contributed by atoms with Gasteiger partial charge in [-0.1, -0.05) is 54.4 Å². The minimum absolute atomic E-state index is 0.0759. The Balaban J connectivity index is 1.40. The minimum Gasteiger partial charge on any atom is -0.482 e. The normalized spacial score (nSPS) is 16.6. The first kappa shape index (κ1) is 22.9. The van der Waals surface area contributed by atoms with Crippen LogP contribution in [0.1, 0.15) is 17.5 Å². The van der Waals surface area contributed by atoms with Crippen LogP contribution in [-0.4, -0.2) is 58.8 Å². The van der Waals surface area contributed by atoms with Crippen molar-refractivity contribution in [3.05, 3.63) is 82.3 Å². The molecule has 2 aliphatic rings. The highest BCUT2D eigenvalue weighted by Crippen LogP contribution is 2.31. The van der Waals surface area contributed by atoms with Crippen LogP contribution in [0.5, 0.6) is 5.75 Å². The highest BCUT2D eigenvalue weighted by molar-refractivity contribution is 7.97. The van der Waals surface area contributed by atoms with Gasteiger partial charge in [0, 0.05) is 44.8 Å². The summed E-state index contributed by atoms with van der Waals surface area (Å²) in [5.41, 5.74) is 3.80. The summed E-state index contributed by atoms with van der Waals surface area (Å²) in [5.74, 6) is 1.16. The lowest BCUT2D eigenvalue weighted by Crippen LogP contribution is -2.44. The maximum absolute atomic E-state index is 13.6. The number of anilines is 1. The minimum atomic E-state index is -0.276. The summed E-state index contributed by atoms with van der Waals surface area (Å²) < 4.78 is 22.6. The van der Waals surface area contributed by atoms with Gasteiger partial charge in [0.05, 0.1) is 18.6 Å². The summed E-state index contributed by atoms with van der Waals surface area (Å²) in [6, 6.07) is 17.8. The van der Waals surface area contributed by atoms with E-state index in [0.29, 0.717) is 17.9 Å². The number of aromatic nitrogens is 2. The van der Waals surface area contributed by atoms with Crippen LogP contribution in [0.2, 0.25) is 0 Å². The maximum atomic E-state index is 13.6. The van der Waals surface area contributed by atoms with Gasteiger partial charge in [0.1, 0.15) is 11.8 Å². The molecule has 8 heteroatoms. The fourth-order valence-electron chi connectivity index (χ4n) is 4.59. The van der Waals surface area contributed by atoms with Gasteiger partial charge in [-0.2, -0.15) is 9.78 Å². The SMILES string of the molecule is O=c1c(OC2Cc3ccccc3C2)c(N2CCN(SCCCF)CC2)cnn1-c1ccccc1. The molecule has 0 saturated carbocycles. The van der Waals surface area contributed by atoms with Crippen LogP contribution in [0.15, 0.2) is 65.6 Å². The average molecular weight is 481 g/mol. The van der Waals surface area contributed by atoms with Gasteiger partial charge in [0.25, 0.3) is 0 Å². The van der Waals surface area contributed by atoms with E-state index in [1.165, 1.54) is 15.8 Å². The molecule has 1 aromatic heterocycles. The first-order chi connectivity index (χ1) is 16.7. The summed E-state index contributed by atoms with van der Waals surface area (Å²) in [5, 5.41) is 4.50. The fraction of sp³-hybridized carbons (Fsp3) is 0.385. The summed E-state index contributed by atoms with van der Waals surface area (Å²) >= 11 is 1.70. The van der Waals surface area contributed by atoms with E-state index in [1.807, 2.05) is 42.5 Å². The fourth-order valence-corrected chi connectivity index (χ4v) is 5.51. The average Bonchev–Trinajstić information content (AvgIpc) is 3.29. The molecule has 1 aliphatic heterocycles. The van der Waals surface area contributed by atoms with Crippen LogP contribution in [0.3, 0.4) is 0 Å². The molecule has 6 nitrogen and oxygen atoms in total. The molecule has 0 amide bonds. The number of nitrogens with zero attached hydrogens (tertiary/aromatic N) is 4. The Hall–Kier alpha value is -2.84. The van der Waals surface area contributed by atoms with Gasteiger partial charge in [-0.15, -0.1) is 0 Å². The lowest BCUT2D eigenvalue weighted by molar-refractivity contribution is 0.209. The Morgan fingerprint density at radius 1 is 0.971 bits per heavy atom. The van der Waals surface area contributed by atoms with Crippen molar-refractivity contribution >= 4 is 17.6 Å². The largest absolute Gasteiger partial charge is 0.482 e. The zero-order valence-corrected chi connectivity index (χ0v) is 19.9. The van der Waals surface area contributed by atoms with Crippen molar-refractivity contribution in [3.63, 3.8) is 0 Å². The lowest BCUT2D eigenvalue weighted by atomic mass is 10.1. The van der Waals surface area contributed by atoms with Gasteiger partial charge in [-0.25, -0.2) is 4.31 Å². The second kappa shape index (κ2) is 10.6. The number of halogens is 1. The maximum Gasteiger partial charge on any atom is 0.316 e. The van der Waals surface area contributed by atoms with Gasteiger partial charge < -0.3 is 9.64 Å². The lowest BCUT2D eigenvalue weighted by Gasteiger charge is -2.35. The van der Waals surface area contributed by atoms with E-state index < -0.39 is 0 Å². The van der Waals surface area contributed by atoms with Crippen molar-refractivity contribution < 1.29 is 9.13 Å². The summed E-state index contributed by atoms with van der Waals surface area (Å²) in [7, 11) is 0. The van der Waals surface area contributed by atoms with E-state index >= 15 is 0 Å².